The first-order valence-corrected chi connectivity index (χ1v) is 7.56. The summed E-state index contributed by atoms with van der Waals surface area (Å²) in [6.07, 6.45) is 0. The summed E-state index contributed by atoms with van der Waals surface area (Å²) in [6, 6.07) is 17.0. The smallest absolute Gasteiger partial charge is 0.265 e. The molecule has 1 heterocycles. The molecule has 0 saturated heterocycles. The maximum Gasteiger partial charge on any atom is 0.265 e. The predicted molar refractivity (Wildman–Crippen MR) is 91.0 cm³/mol. The van der Waals surface area contributed by atoms with Crippen LogP contribution in [0.3, 0.4) is 0 Å². The quantitative estimate of drug-likeness (QED) is 0.630. The molecule has 23 heavy (non-hydrogen) atoms. The summed E-state index contributed by atoms with van der Waals surface area (Å²) in [7, 11) is 0. The third kappa shape index (κ3) is 1.90. The number of benzene rings is 3. The van der Waals surface area contributed by atoms with Gasteiger partial charge in [-0.2, -0.15) is 0 Å². The number of carbonyl (C=O) groups is 2. The highest BCUT2D eigenvalue weighted by Gasteiger charge is 2.34. The molecule has 112 valence electrons. The molecular weight excluding hydrogens is 286 g/mol. The van der Waals surface area contributed by atoms with E-state index in [1.165, 1.54) is 4.90 Å². The zero-order chi connectivity index (χ0) is 16.1. The average Bonchev–Trinajstić information content (AvgIpc) is 2.56. The van der Waals surface area contributed by atoms with Crippen LogP contribution in [0.2, 0.25) is 0 Å². The van der Waals surface area contributed by atoms with Crippen LogP contribution in [0.25, 0.3) is 10.8 Å². The highest BCUT2D eigenvalue weighted by Crippen LogP contribution is 2.34. The van der Waals surface area contributed by atoms with E-state index in [1.54, 1.807) is 12.1 Å². The topological polar surface area (TPSA) is 37.4 Å². The van der Waals surface area contributed by atoms with Gasteiger partial charge in [0.05, 0.1) is 5.69 Å². The SMILES string of the molecule is Cc1ccc(C)c(N2C(=O)c3cccc4cccc(c34)C2=O)c1. The number of nitrogens with zero attached hydrogens (tertiary/aromatic N) is 1. The van der Waals surface area contributed by atoms with Crippen molar-refractivity contribution in [2.45, 2.75) is 13.8 Å². The molecule has 0 fully saturated rings. The Hall–Kier alpha value is -2.94. The van der Waals surface area contributed by atoms with Crippen LogP contribution < -0.4 is 4.90 Å². The van der Waals surface area contributed by atoms with Gasteiger partial charge in [0.1, 0.15) is 0 Å². The van der Waals surface area contributed by atoms with Crippen molar-refractivity contribution in [1.82, 2.24) is 0 Å². The lowest BCUT2D eigenvalue weighted by atomic mass is 9.93. The van der Waals surface area contributed by atoms with Gasteiger partial charge in [0.2, 0.25) is 0 Å². The standard InChI is InChI=1S/C20H15NO2/c1-12-9-10-13(2)17(11-12)21-19(22)15-7-3-5-14-6-4-8-16(18(14)15)20(21)23/h3-11H,1-2H3. The van der Waals surface area contributed by atoms with Gasteiger partial charge >= 0.3 is 0 Å². The van der Waals surface area contributed by atoms with E-state index < -0.39 is 0 Å². The molecule has 0 unspecified atom stereocenters. The van der Waals surface area contributed by atoms with Crippen LogP contribution in [0.5, 0.6) is 0 Å². The second-order valence-electron chi connectivity index (χ2n) is 5.94. The summed E-state index contributed by atoms with van der Waals surface area (Å²) in [5.41, 5.74) is 3.75. The summed E-state index contributed by atoms with van der Waals surface area (Å²) >= 11 is 0. The van der Waals surface area contributed by atoms with Gasteiger partial charge < -0.3 is 0 Å². The number of hydrogen-bond acceptors (Lipinski definition) is 2. The molecule has 0 radical (unpaired) electrons. The molecule has 0 saturated carbocycles. The monoisotopic (exact) mass is 301 g/mol. The molecular formula is C20H15NO2. The average molecular weight is 301 g/mol. The molecule has 0 atom stereocenters. The molecule has 1 aliphatic rings. The predicted octanol–water partition coefficient (Wildman–Crippen LogP) is 4.26. The van der Waals surface area contributed by atoms with E-state index in [1.807, 2.05) is 56.3 Å². The number of rotatable bonds is 1. The minimum absolute atomic E-state index is 0.256. The summed E-state index contributed by atoms with van der Waals surface area (Å²) in [6.45, 7) is 3.87. The number of anilines is 1. The molecule has 3 aromatic carbocycles. The Kier molecular flexibility index (Phi) is 2.85. The first-order chi connectivity index (χ1) is 11.1. The maximum atomic E-state index is 13.0. The van der Waals surface area contributed by atoms with Crippen molar-refractivity contribution in [2.75, 3.05) is 4.90 Å². The fraction of sp³-hybridized carbons (Fsp3) is 0.100. The van der Waals surface area contributed by atoms with Crippen LogP contribution in [0.15, 0.2) is 54.6 Å². The summed E-state index contributed by atoms with van der Waals surface area (Å²) in [5.74, 6) is -0.513. The van der Waals surface area contributed by atoms with Gasteiger partial charge in [-0.1, -0.05) is 36.4 Å². The molecule has 0 N–H and O–H groups in total. The fourth-order valence-electron chi connectivity index (χ4n) is 3.21. The lowest BCUT2D eigenvalue weighted by molar-refractivity contribution is 0.0893. The van der Waals surface area contributed by atoms with Crippen molar-refractivity contribution in [3.63, 3.8) is 0 Å². The molecule has 3 heteroatoms. The number of imide groups is 1. The molecule has 3 aromatic rings. The van der Waals surface area contributed by atoms with Gasteiger partial charge in [-0.05, 0) is 48.6 Å². The van der Waals surface area contributed by atoms with E-state index in [0.29, 0.717) is 16.8 Å². The van der Waals surface area contributed by atoms with Crippen LogP contribution in [0, 0.1) is 13.8 Å². The normalized spacial score (nSPS) is 13.7. The Morgan fingerprint density at radius 1 is 0.783 bits per heavy atom. The van der Waals surface area contributed by atoms with Crippen LogP contribution in [-0.2, 0) is 0 Å². The molecule has 1 aliphatic heterocycles. The third-order valence-electron chi connectivity index (χ3n) is 4.38. The largest absolute Gasteiger partial charge is 0.268 e. The van der Waals surface area contributed by atoms with Crippen molar-refractivity contribution < 1.29 is 9.59 Å². The van der Waals surface area contributed by atoms with E-state index >= 15 is 0 Å². The molecule has 2 amide bonds. The fourth-order valence-corrected chi connectivity index (χ4v) is 3.21. The van der Waals surface area contributed by atoms with E-state index in [4.69, 9.17) is 0 Å². The van der Waals surface area contributed by atoms with Gasteiger partial charge in [-0.25, -0.2) is 4.90 Å². The second-order valence-corrected chi connectivity index (χ2v) is 5.94. The minimum Gasteiger partial charge on any atom is -0.268 e. The van der Waals surface area contributed by atoms with Gasteiger partial charge in [0, 0.05) is 16.5 Å². The Bertz CT molecular complexity index is 937. The lowest BCUT2D eigenvalue weighted by Gasteiger charge is -2.28. The Morgan fingerprint density at radius 3 is 2.00 bits per heavy atom. The highest BCUT2D eigenvalue weighted by molar-refractivity contribution is 6.35. The first-order valence-electron chi connectivity index (χ1n) is 7.56. The molecule has 0 spiro atoms. The van der Waals surface area contributed by atoms with Gasteiger partial charge in [-0.15, -0.1) is 0 Å². The van der Waals surface area contributed by atoms with Crippen molar-refractivity contribution in [1.29, 1.82) is 0 Å². The van der Waals surface area contributed by atoms with Gasteiger partial charge in [0.15, 0.2) is 0 Å². The number of carbonyl (C=O) groups excluding carboxylic acids is 2. The van der Waals surface area contributed by atoms with Crippen LogP contribution >= 0.6 is 0 Å². The van der Waals surface area contributed by atoms with Gasteiger partial charge in [0.25, 0.3) is 11.8 Å². The van der Waals surface area contributed by atoms with Crippen LogP contribution in [0.4, 0.5) is 5.69 Å². The summed E-state index contributed by atoms with van der Waals surface area (Å²) in [4.78, 5) is 27.3. The van der Waals surface area contributed by atoms with E-state index in [9.17, 15) is 9.59 Å². The zero-order valence-corrected chi connectivity index (χ0v) is 13.0. The highest BCUT2D eigenvalue weighted by atomic mass is 16.2. The molecule has 4 rings (SSSR count). The summed E-state index contributed by atoms with van der Waals surface area (Å²) < 4.78 is 0. The molecule has 0 aromatic heterocycles. The van der Waals surface area contributed by atoms with Crippen molar-refractivity contribution >= 4 is 28.3 Å². The van der Waals surface area contributed by atoms with Crippen molar-refractivity contribution in [2.24, 2.45) is 0 Å². The minimum atomic E-state index is -0.256. The molecule has 0 aliphatic carbocycles. The van der Waals surface area contributed by atoms with Gasteiger partial charge in [-0.3, -0.25) is 9.59 Å². The summed E-state index contributed by atoms with van der Waals surface area (Å²) in [5, 5.41) is 1.67. The molecule has 3 nitrogen and oxygen atoms in total. The Morgan fingerprint density at radius 2 is 1.39 bits per heavy atom. The third-order valence-corrected chi connectivity index (χ3v) is 4.38. The first kappa shape index (κ1) is 13.7. The number of aryl methyl sites for hydroxylation is 2. The second kappa shape index (κ2) is 4.78. The zero-order valence-electron chi connectivity index (χ0n) is 13.0. The van der Waals surface area contributed by atoms with Crippen molar-refractivity contribution in [3.8, 4) is 0 Å². The lowest BCUT2D eigenvalue weighted by Crippen LogP contribution is -2.40. The van der Waals surface area contributed by atoms with E-state index in [-0.39, 0.29) is 11.8 Å². The molecule has 0 bridgehead atoms. The van der Waals surface area contributed by atoms with E-state index in [2.05, 4.69) is 0 Å². The van der Waals surface area contributed by atoms with Crippen LogP contribution in [0.1, 0.15) is 31.8 Å². The number of amides is 2. The maximum absolute atomic E-state index is 13.0. The van der Waals surface area contributed by atoms with E-state index in [0.717, 1.165) is 21.9 Å². The van der Waals surface area contributed by atoms with Crippen molar-refractivity contribution in [3.05, 3.63) is 76.9 Å². The Labute approximate surface area is 134 Å². The Balaban J connectivity index is 2.01. The number of hydrogen-bond donors (Lipinski definition) is 0. The van der Waals surface area contributed by atoms with Crippen LogP contribution in [-0.4, -0.2) is 11.8 Å².